The van der Waals surface area contributed by atoms with Crippen molar-refractivity contribution in [3.63, 3.8) is 0 Å². The molecule has 3 rings (SSSR count). The lowest BCUT2D eigenvalue weighted by molar-refractivity contribution is 0.0500. The number of rotatable bonds is 11. The van der Waals surface area contributed by atoms with Crippen LogP contribution in [0.4, 0.5) is 0 Å². The zero-order valence-electron chi connectivity index (χ0n) is 27.1. The second kappa shape index (κ2) is 14.3. The van der Waals surface area contributed by atoms with Gasteiger partial charge in [0.2, 0.25) is 0 Å². The molecule has 0 amide bonds. The van der Waals surface area contributed by atoms with Gasteiger partial charge in [-0.25, -0.2) is 0 Å². The van der Waals surface area contributed by atoms with Gasteiger partial charge in [-0.3, -0.25) is 0 Å². The summed E-state index contributed by atoms with van der Waals surface area (Å²) in [5, 5.41) is 0. The fraction of sp³-hybridized carbons (Fsp3) is 0.459. The third-order valence-corrected chi connectivity index (χ3v) is 14.3. The Balaban J connectivity index is 2.06. The zero-order chi connectivity index (χ0) is 30.3. The summed E-state index contributed by atoms with van der Waals surface area (Å²) >= 11 is 0. The van der Waals surface area contributed by atoms with Crippen LogP contribution in [0, 0.1) is 25.7 Å². The van der Waals surface area contributed by atoms with Gasteiger partial charge in [-0.1, -0.05) is 91.5 Å². The summed E-state index contributed by atoms with van der Waals surface area (Å²) in [4.78, 5) is 0. The van der Waals surface area contributed by atoms with Crippen molar-refractivity contribution < 1.29 is 13.9 Å². The van der Waals surface area contributed by atoms with Crippen LogP contribution >= 0.6 is 0 Å². The summed E-state index contributed by atoms with van der Waals surface area (Å²) in [6.45, 7) is 23.0. The Kier molecular flexibility index (Phi) is 11.3. The number of ether oxygens (including phenoxy) is 2. The van der Waals surface area contributed by atoms with Crippen molar-refractivity contribution in [2.45, 2.75) is 98.2 Å². The van der Waals surface area contributed by atoms with Gasteiger partial charge in [-0.2, -0.15) is 0 Å². The van der Waals surface area contributed by atoms with Crippen molar-refractivity contribution in [2.75, 3.05) is 13.9 Å². The van der Waals surface area contributed by atoms with E-state index in [1.165, 1.54) is 22.3 Å². The highest BCUT2D eigenvalue weighted by molar-refractivity contribution is 6.78. The molecule has 3 aromatic rings. The predicted molar refractivity (Wildman–Crippen MR) is 176 cm³/mol. The largest absolute Gasteiger partial charge is 0.543 e. The Bertz CT molecular complexity index is 1320. The molecule has 220 valence electrons. The quantitative estimate of drug-likeness (QED) is 0.130. The molecule has 0 aliphatic heterocycles. The average molecular weight is 571 g/mol. The van der Waals surface area contributed by atoms with Crippen molar-refractivity contribution >= 4 is 8.32 Å². The van der Waals surface area contributed by atoms with Crippen LogP contribution in [0.25, 0.3) is 0 Å². The van der Waals surface area contributed by atoms with Crippen LogP contribution < -0.4 is 9.16 Å². The second-order valence-corrected chi connectivity index (χ2v) is 17.9. The highest BCUT2D eigenvalue weighted by Crippen LogP contribution is 2.43. The summed E-state index contributed by atoms with van der Waals surface area (Å²) < 4.78 is 18.4. The second-order valence-electron chi connectivity index (χ2n) is 12.5. The maximum atomic E-state index is 7.04. The van der Waals surface area contributed by atoms with Crippen molar-refractivity contribution in [1.82, 2.24) is 0 Å². The van der Waals surface area contributed by atoms with E-state index in [1.807, 2.05) is 30.3 Å². The van der Waals surface area contributed by atoms with E-state index in [1.54, 1.807) is 7.11 Å². The highest BCUT2D eigenvalue weighted by Gasteiger charge is 2.47. The molecule has 0 aliphatic carbocycles. The van der Waals surface area contributed by atoms with Crippen molar-refractivity contribution in [3.05, 3.63) is 93.5 Å². The number of benzene rings is 3. The number of aryl methyl sites for hydroxylation is 2. The smallest absolute Gasteiger partial charge is 0.258 e. The molecular weight excluding hydrogens is 520 g/mol. The third kappa shape index (κ3) is 7.64. The van der Waals surface area contributed by atoms with Gasteiger partial charge >= 0.3 is 0 Å². The van der Waals surface area contributed by atoms with Crippen LogP contribution in [0.2, 0.25) is 16.6 Å². The van der Waals surface area contributed by atoms with E-state index in [0.717, 1.165) is 34.6 Å². The van der Waals surface area contributed by atoms with Crippen LogP contribution in [-0.2, 0) is 11.2 Å². The fourth-order valence-electron chi connectivity index (χ4n) is 6.33. The molecule has 0 bridgehead atoms. The minimum atomic E-state index is -2.03. The molecule has 0 heterocycles. The molecule has 0 saturated heterocycles. The third-order valence-electron chi connectivity index (χ3n) is 8.29. The van der Waals surface area contributed by atoms with Crippen LogP contribution in [0.15, 0.2) is 54.6 Å². The molecule has 0 aromatic heterocycles. The van der Waals surface area contributed by atoms with Crippen LogP contribution in [0.5, 0.6) is 11.5 Å². The first-order chi connectivity index (χ1) is 19.4. The van der Waals surface area contributed by atoms with Crippen LogP contribution in [-0.4, -0.2) is 22.2 Å². The Hall–Kier alpha value is -3.00. The molecule has 0 saturated carbocycles. The SMILES string of the molecule is COCOc1c(C#Cc2ccccc2)cc(Cc2c(C)cc(O[Si](C(C)C)(C(C)C)C(C)C)cc2C)cc1C(C)C. The van der Waals surface area contributed by atoms with Gasteiger partial charge in [0.1, 0.15) is 11.5 Å². The van der Waals surface area contributed by atoms with E-state index in [0.29, 0.717) is 16.6 Å². The van der Waals surface area contributed by atoms with Crippen molar-refractivity contribution in [1.29, 1.82) is 0 Å². The van der Waals surface area contributed by atoms with E-state index in [9.17, 15) is 0 Å². The lowest BCUT2D eigenvalue weighted by Gasteiger charge is -2.42. The molecule has 0 spiro atoms. The van der Waals surface area contributed by atoms with E-state index in [2.05, 4.69) is 105 Å². The lowest BCUT2D eigenvalue weighted by atomic mass is 9.91. The van der Waals surface area contributed by atoms with Crippen LogP contribution in [0.3, 0.4) is 0 Å². The Morgan fingerprint density at radius 2 is 1.34 bits per heavy atom. The molecule has 3 aromatic carbocycles. The molecule has 41 heavy (non-hydrogen) atoms. The van der Waals surface area contributed by atoms with Gasteiger partial charge < -0.3 is 13.9 Å². The van der Waals surface area contributed by atoms with Crippen molar-refractivity contribution in [2.24, 2.45) is 0 Å². The summed E-state index contributed by atoms with van der Waals surface area (Å²) in [5.41, 5.74) is 9.72. The Morgan fingerprint density at radius 1 is 0.756 bits per heavy atom. The molecule has 0 radical (unpaired) electrons. The average Bonchev–Trinajstić information content (AvgIpc) is 2.91. The van der Waals surface area contributed by atoms with E-state index in [4.69, 9.17) is 13.9 Å². The summed E-state index contributed by atoms with van der Waals surface area (Å²) in [6.07, 6.45) is 0.823. The summed E-state index contributed by atoms with van der Waals surface area (Å²) in [7, 11) is -0.381. The van der Waals surface area contributed by atoms with E-state index >= 15 is 0 Å². The molecule has 0 fully saturated rings. The number of hydrogen-bond donors (Lipinski definition) is 0. The summed E-state index contributed by atoms with van der Waals surface area (Å²) in [5.74, 6) is 8.85. The summed E-state index contributed by atoms with van der Waals surface area (Å²) in [6, 6.07) is 19.1. The van der Waals surface area contributed by atoms with E-state index < -0.39 is 8.32 Å². The molecule has 0 aliphatic rings. The molecular formula is C37H50O3Si. The first-order valence-electron chi connectivity index (χ1n) is 15.0. The first kappa shape index (κ1) is 32.5. The van der Waals surface area contributed by atoms with Gasteiger partial charge in [0.25, 0.3) is 8.32 Å². The van der Waals surface area contributed by atoms with Gasteiger partial charge in [-0.15, -0.1) is 0 Å². The maximum Gasteiger partial charge on any atom is 0.258 e. The zero-order valence-corrected chi connectivity index (χ0v) is 28.1. The van der Waals surface area contributed by atoms with E-state index in [-0.39, 0.29) is 12.7 Å². The molecule has 0 unspecified atom stereocenters. The standard InChI is InChI=1S/C37H50O3Si/c1-25(2)35-22-32(21-33(37(35)39-24-38-11)18-17-31-15-13-12-14-16-31)23-36-29(9)19-34(20-30(36)10)40-41(26(3)4,27(5)6)28(7)8/h12-16,19-22,25-28H,23-24H2,1-11H3. The predicted octanol–water partition coefficient (Wildman–Crippen LogP) is 9.95. The molecule has 3 nitrogen and oxygen atoms in total. The molecule has 0 N–H and O–H groups in total. The Labute approximate surface area is 250 Å². The normalized spacial score (nSPS) is 11.8. The highest BCUT2D eigenvalue weighted by atomic mass is 28.4. The van der Waals surface area contributed by atoms with Crippen LogP contribution in [0.1, 0.15) is 100 Å². The first-order valence-corrected chi connectivity index (χ1v) is 17.2. The minimum absolute atomic E-state index is 0.187. The number of hydrogen-bond acceptors (Lipinski definition) is 3. The molecule has 0 atom stereocenters. The molecule has 4 heteroatoms. The topological polar surface area (TPSA) is 27.7 Å². The minimum Gasteiger partial charge on any atom is -0.543 e. The lowest BCUT2D eigenvalue weighted by Crippen LogP contribution is -2.50. The Morgan fingerprint density at radius 3 is 1.85 bits per heavy atom. The fourth-order valence-corrected chi connectivity index (χ4v) is 11.6. The van der Waals surface area contributed by atoms with Gasteiger partial charge in [0.15, 0.2) is 6.79 Å². The van der Waals surface area contributed by atoms with Crippen molar-refractivity contribution in [3.8, 4) is 23.3 Å². The van der Waals surface area contributed by atoms with Gasteiger partial charge in [0.05, 0.1) is 5.56 Å². The monoisotopic (exact) mass is 570 g/mol. The number of methoxy groups -OCH3 is 1. The van der Waals surface area contributed by atoms with Gasteiger partial charge in [0, 0.05) is 12.7 Å². The van der Waals surface area contributed by atoms with Gasteiger partial charge in [-0.05, 0) is 101 Å². The maximum absolute atomic E-state index is 7.04.